The molecular formula is C27H33F3N2O3S. The first-order valence-electron chi connectivity index (χ1n) is 12.8. The summed E-state index contributed by atoms with van der Waals surface area (Å²) in [5.74, 6) is 0.447. The first-order chi connectivity index (χ1) is 17.0. The zero-order valence-corrected chi connectivity index (χ0v) is 21.4. The van der Waals surface area contributed by atoms with E-state index in [4.69, 9.17) is 4.74 Å². The van der Waals surface area contributed by atoms with Crippen LogP contribution in [0.15, 0.2) is 36.5 Å². The summed E-state index contributed by atoms with van der Waals surface area (Å²) in [6.45, 7) is 4.54. The van der Waals surface area contributed by atoms with Crippen LogP contribution in [-0.4, -0.2) is 55.0 Å². The summed E-state index contributed by atoms with van der Waals surface area (Å²) in [5.41, 5.74) is 3.05. The van der Waals surface area contributed by atoms with Crippen molar-refractivity contribution in [3.05, 3.63) is 47.7 Å². The predicted molar refractivity (Wildman–Crippen MR) is 133 cm³/mol. The topological polar surface area (TPSA) is 59.5 Å². The van der Waals surface area contributed by atoms with E-state index in [0.29, 0.717) is 17.3 Å². The zero-order valence-electron chi connectivity index (χ0n) is 20.6. The van der Waals surface area contributed by atoms with Crippen LogP contribution >= 0.6 is 0 Å². The summed E-state index contributed by atoms with van der Waals surface area (Å²) in [6, 6.07) is 10.1. The van der Waals surface area contributed by atoms with Crippen LogP contribution in [0.4, 0.5) is 13.2 Å². The van der Waals surface area contributed by atoms with E-state index >= 15 is 0 Å². The molecule has 2 aromatic rings. The number of aromatic nitrogens is 1. The number of benzene rings is 1. The standard InChI is InChI=1S/C27H33F3N2O3S/c1-19(21-3-4-21)32-13-10-26(11-14-32)9-8-23-16-22(5-7-25(23)35-26)24-6-2-20(17-31-24)18-36(33,34)15-12-27(28,29)30/h2,5-7,16-17,19,21H,3-4,8-15,18H2,1H3. The van der Waals surface area contributed by atoms with Gasteiger partial charge in [-0.15, -0.1) is 0 Å². The molecule has 1 aliphatic carbocycles. The molecule has 0 N–H and O–H groups in total. The van der Waals surface area contributed by atoms with Crippen molar-refractivity contribution in [2.24, 2.45) is 5.92 Å². The highest BCUT2D eigenvalue weighted by atomic mass is 32.2. The van der Waals surface area contributed by atoms with E-state index in [1.165, 1.54) is 19.0 Å². The molecule has 0 bridgehead atoms. The Labute approximate surface area is 211 Å². The first-order valence-corrected chi connectivity index (χ1v) is 14.6. The summed E-state index contributed by atoms with van der Waals surface area (Å²) < 4.78 is 67.8. The Hall–Kier alpha value is -2.13. The number of rotatable bonds is 7. The second-order valence-corrected chi connectivity index (χ2v) is 12.9. The van der Waals surface area contributed by atoms with Crippen molar-refractivity contribution in [2.45, 2.75) is 75.4 Å². The van der Waals surface area contributed by atoms with Gasteiger partial charge in [0.1, 0.15) is 11.4 Å². The van der Waals surface area contributed by atoms with Crippen LogP contribution < -0.4 is 4.74 Å². The molecule has 9 heteroatoms. The van der Waals surface area contributed by atoms with E-state index in [-0.39, 0.29) is 5.60 Å². The van der Waals surface area contributed by atoms with Gasteiger partial charge in [0.25, 0.3) is 0 Å². The lowest BCUT2D eigenvalue weighted by atomic mass is 9.82. The maximum atomic E-state index is 12.4. The fourth-order valence-corrected chi connectivity index (χ4v) is 6.89. The number of aryl methyl sites for hydroxylation is 1. The van der Waals surface area contributed by atoms with Crippen molar-refractivity contribution in [1.29, 1.82) is 0 Å². The molecular weight excluding hydrogens is 489 g/mol. The summed E-state index contributed by atoms with van der Waals surface area (Å²) in [4.78, 5) is 7.01. The molecule has 5 rings (SSSR count). The molecule has 36 heavy (non-hydrogen) atoms. The van der Waals surface area contributed by atoms with Crippen molar-refractivity contribution in [3.8, 4) is 17.0 Å². The number of fused-ring (bicyclic) bond motifs is 1. The third-order valence-corrected chi connectivity index (χ3v) is 9.63. The van der Waals surface area contributed by atoms with E-state index in [9.17, 15) is 21.6 Å². The summed E-state index contributed by atoms with van der Waals surface area (Å²) >= 11 is 0. The maximum absolute atomic E-state index is 12.4. The number of nitrogens with zero attached hydrogens (tertiary/aromatic N) is 2. The second-order valence-electron chi connectivity index (χ2n) is 10.7. The smallest absolute Gasteiger partial charge is 0.390 e. The molecule has 196 valence electrons. The van der Waals surface area contributed by atoms with E-state index < -0.39 is 33.9 Å². The van der Waals surface area contributed by atoms with Crippen molar-refractivity contribution < 1.29 is 26.3 Å². The number of ether oxygens (including phenoxy) is 1. The van der Waals surface area contributed by atoms with Crippen molar-refractivity contribution in [2.75, 3.05) is 18.8 Å². The number of hydrogen-bond donors (Lipinski definition) is 0. The average molecular weight is 523 g/mol. The molecule has 3 heterocycles. The van der Waals surface area contributed by atoms with Gasteiger partial charge in [0.2, 0.25) is 0 Å². The molecule has 1 aromatic carbocycles. The third kappa shape index (κ3) is 6.05. The van der Waals surface area contributed by atoms with Crippen LogP contribution in [0.2, 0.25) is 0 Å². The Morgan fingerprint density at radius 1 is 1.14 bits per heavy atom. The Kier molecular flexibility index (Phi) is 6.83. The molecule has 1 saturated carbocycles. The molecule has 1 spiro atoms. The maximum Gasteiger partial charge on any atom is 0.390 e. The summed E-state index contributed by atoms with van der Waals surface area (Å²) in [6.07, 6.45) is 2.39. The number of pyridine rings is 1. The molecule has 2 aliphatic heterocycles. The van der Waals surface area contributed by atoms with Gasteiger partial charge in [0.15, 0.2) is 9.84 Å². The first kappa shape index (κ1) is 25.5. The Morgan fingerprint density at radius 2 is 1.89 bits per heavy atom. The Balaban J connectivity index is 1.21. The van der Waals surface area contributed by atoms with E-state index in [0.717, 1.165) is 61.6 Å². The highest BCUT2D eigenvalue weighted by Gasteiger charge is 2.42. The van der Waals surface area contributed by atoms with Crippen LogP contribution in [0.5, 0.6) is 5.75 Å². The highest BCUT2D eigenvalue weighted by molar-refractivity contribution is 7.90. The van der Waals surface area contributed by atoms with Crippen LogP contribution in [0.3, 0.4) is 0 Å². The van der Waals surface area contributed by atoms with Crippen LogP contribution in [-0.2, 0) is 22.0 Å². The van der Waals surface area contributed by atoms with Gasteiger partial charge in [-0.2, -0.15) is 13.2 Å². The lowest BCUT2D eigenvalue weighted by molar-refractivity contribution is -0.129. The van der Waals surface area contributed by atoms with Gasteiger partial charge in [-0.25, -0.2) is 8.42 Å². The van der Waals surface area contributed by atoms with E-state index in [2.05, 4.69) is 22.9 Å². The SMILES string of the molecule is CC(C1CC1)N1CCC2(CCc3cc(-c4ccc(CS(=O)(=O)CCC(F)(F)F)cn4)ccc3O2)CC1. The molecule has 1 saturated heterocycles. The number of alkyl halides is 3. The molecule has 5 nitrogen and oxygen atoms in total. The normalized spacial score (nSPS) is 21.1. The number of halogens is 3. The van der Waals surface area contributed by atoms with Crippen LogP contribution in [0, 0.1) is 5.92 Å². The van der Waals surface area contributed by atoms with Crippen molar-refractivity contribution in [1.82, 2.24) is 9.88 Å². The summed E-state index contributed by atoms with van der Waals surface area (Å²) in [5, 5.41) is 0. The number of likely N-dealkylation sites (tertiary alicyclic amines) is 1. The summed E-state index contributed by atoms with van der Waals surface area (Å²) in [7, 11) is -3.86. The lowest BCUT2D eigenvalue weighted by Crippen LogP contribution is -2.52. The van der Waals surface area contributed by atoms with Gasteiger partial charge in [-0.1, -0.05) is 6.07 Å². The van der Waals surface area contributed by atoms with Gasteiger partial charge >= 0.3 is 6.18 Å². The average Bonchev–Trinajstić information content (AvgIpc) is 3.68. The van der Waals surface area contributed by atoms with Gasteiger partial charge in [0, 0.05) is 30.9 Å². The fourth-order valence-electron chi connectivity index (χ4n) is 5.53. The van der Waals surface area contributed by atoms with Gasteiger partial charge in [0.05, 0.1) is 23.6 Å². The molecule has 0 radical (unpaired) electrons. The largest absolute Gasteiger partial charge is 0.487 e. The molecule has 1 unspecified atom stereocenters. The number of hydrogen-bond acceptors (Lipinski definition) is 5. The van der Waals surface area contributed by atoms with Crippen LogP contribution in [0.25, 0.3) is 11.3 Å². The number of sulfone groups is 1. The Bertz CT molecular complexity index is 1190. The highest BCUT2D eigenvalue weighted by Crippen LogP contribution is 2.42. The van der Waals surface area contributed by atoms with Gasteiger partial charge < -0.3 is 9.64 Å². The molecule has 1 aromatic heterocycles. The lowest BCUT2D eigenvalue weighted by Gasteiger charge is -2.46. The minimum atomic E-state index is -4.49. The minimum Gasteiger partial charge on any atom is -0.487 e. The minimum absolute atomic E-state index is 0.0776. The van der Waals surface area contributed by atoms with E-state index in [1.54, 1.807) is 12.1 Å². The fraction of sp³-hybridized carbons (Fsp3) is 0.593. The van der Waals surface area contributed by atoms with Crippen molar-refractivity contribution >= 4 is 9.84 Å². The monoisotopic (exact) mass is 522 g/mol. The molecule has 2 fully saturated rings. The Morgan fingerprint density at radius 3 is 2.53 bits per heavy atom. The third-order valence-electron chi connectivity index (χ3n) is 8.03. The molecule has 3 aliphatic rings. The van der Waals surface area contributed by atoms with Crippen molar-refractivity contribution in [3.63, 3.8) is 0 Å². The van der Waals surface area contributed by atoms with E-state index in [1.807, 2.05) is 12.1 Å². The molecule has 0 amide bonds. The second kappa shape index (κ2) is 9.63. The quantitative estimate of drug-likeness (QED) is 0.476. The van der Waals surface area contributed by atoms with Gasteiger partial charge in [-0.05, 0) is 86.8 Å². The van der Waals surface area contributed by atoms with Crippen LogP contribution in [0.1, 0.15) is 56.6 Å². The number of piperidine rings is 1. The zero-order chi connectivity index (χ0) is 25.6. The van der Waals surface area contributed by atoms with Gasteiger partial charge in [-0.3, -0.25) is 4.98 Å². The predicted octanol–water partition coefficient (Wildman–Crippen LogP) is 5.57. The molecule has 1 atom stereocenters.